The topological polar surface area (TPSA) is 82.9 Å². The van der Waals surface area contributed by atoms with E-state index in [2.05, 4.69) is 65.6 Å². The van der Waals surface area contributed by atoms with Crippen molar-refractivity contribution in [2.45, 2.75) is 32.6 Å². The highest BCUT2D eigenvalue weighted by Gasteiger charge is 2.28. The van der Waals surface area contributed by atoms with Gasteiger partial charge in [0.2, 0.25) is 10.0 Å². The monoisotopic (exact) mass is 491 g/mol. The summed E-state index contributed by atoms with van der Waals surface area (Å²) in [6.07, 6.45) is 15.0. The normalized spacial score (nSPS) is 22.1. The number of aromatic nitrogens is 1. The van der Waals surface area contributed by atoms with E-state index in [0.29, 0.717) is 37.6 Å². The van der Waals surface area contributed by atoms with E-state index in [1.54, 1.807) is 6.20 Å². The standard InChI is InChI=1S/C28H33N3O3S/c1-20-6-4-5-7-26(20)27(19-28(30-32)25-12-15-29-21(2)18-25)24-10-8-22(9-11-24)23-13-16-31(17-14-23)35(3,33)34/h4-13,15,18,20,26-27,32H,14,16-17,19H2,1-3H3/b30-28+/t20?,26?,27-/m1/s1. The minimum atomic E-state index is -3.17. The van der Waals surface area contributed by atoms with Gasteiger partial charge in [-0.25, -0.2) is 8.42 Å². The lowest BCUT2D eigenvalue weighted by atomic mass is 9.73. The van der Waals surface area contributed by atoms with Crippen molar-refractivity contribution in [3.63, 3.8) is 0 Å². The van der Waals surface area contributed by atoms with Crippen LogP contribution in [0.4, 0.5) is 0 Å². The Kier molecular flexibility index (Phi) is 7.67. The second kappa shape index (κ2) is 10.7. The number of nitrogens with zero attached hydrogens (tertiary/aromatic N) is 3. The molecule has 35 heavy (non-hydrogen) atoms. The number of sulfonamides is 1. The fraction of sp³-hybridized carbons (Fsp3) is 0.357. The molecule has 1 aromatic heterocycles. The van der Waals surface area contributed by atoms with Crippen molar-refractivity contribution >= 4 is 21.3 Å². The van der Waals surface area contributed by atoms with Gasteiger partial charge in [0.05, 0.1) is 12.0 Å². The molecule has 2 heterocycles. The van der Waals surface area contributed by atoms with E-state index in [-0.39, 0.29) is 11.8 Å². The number of hydrogen-bond acceptors (Lipinski definition) is 5. The first-order valence-corrected chi connectivity index (χ1v) is 13.8. The van der Waals surface area contributed by atoms with E-state index in [4.69, 9.17) is 0 Å². The van der Waals surface area contributed by atoms with Gasteiger partial charge in [-0.1, -0.05) is 66.7 Å². The Morgan fingerprint density at radius 2 is 1.94 bits per heavy atom. The minimum absolute atomic E-state index is 0.126. The third-order valence-corrected chi connectivity index (χ3v) is 8.31. The lowest BCUT2D eigenvalue weighted by Gasteiger charge is -2.31. The second-order valence-corrected chi connectivity index (χ2v) is 11.5. The molecule has 7 heteroatoms. The van der Waals surface area contributed by atoms with Crippen LogP contribution in [0.15, 0.2) is 78.1 Å². The molecule has 0 fully saturated rings. The van der Waals surface area contributed by atoms with Crippen LogP contribution >= 0.6 is 0 Å². The maximum Gasteiger partial charge on any atom is 0.211 e. The highest BCUT2D eigenvalue weighted by molar-refractivity contribution is 7.88. The van der Waals surface area contributed by atoms with Crippen LogP contribution in [-0.2, 0) is 10.0 Å². The summed E-state index contributed by atoms with van der Waals surface area (Å²) in [5, 5.41) is 13.6. The Morgan fingerprint density at radius 3 is 2.54 bits per heavy atom. The molecule has 0 radical (unpaired) electrons. The number of allylic oxidation sites excluding steroid dienone is 4. The molecule has 1 N–H and O–H groups in total. The van der Waals surface area contributed by atoms with Gasteiger partial charge >= 0.3 is 0 Å². The maximum absolute atomic E-state index is 11.8. The molecule has 6 nitrogen and oxygen atoms in total. The van der Waals surface area contributed by atoms with Gasteiger partial charge in [0.25, 0.3) is 0 Å². The third kappa shape index (κ3) is 5.97. The van der Waals surface area contributed by atoms with Crippen molar-refractivity contribution < 1.29 is 13.6 Å². The molecule has 184 valence electrons. The Hall–Kier alpha value is -3.03. The summed E-state index contributed by atoms with van der Waals surface area (Å²) in [5.41, 5.74) is 5.89. The fourth-order valence-electron chi connectivity index (χ4n) is 5.02. The zero-order valence-electron chi connectivity index (χ0n) is 20.5. The maximum atomic E-state index is 11.8. The highest BCUT2D eigenvalue weighted by atomic mass is 32.2. The summed E-state index contributed by atoms with van der Waals surface area (Å²) >= 11 is 0. The fourth-order valence-corrected chi connectivity index (χ4v) is 5.79. The third-order valence-electron chi connectivity index (χ3n) is 7.05. The minimum Gasteiger partial charge on any atom is -0.411 e. The molecular weight excluding hydrogens is 458 g/mol. The van der Waals surface area contributed by atoms with Crippen LogP contribution < -0.4 is 0 Å². The molecule has 4 rings (SSSR count). The van der Waals surface area contributed by atoms with Gasteiger partial charge in [-0.05, 0) is 59.9 Å². The van der Waals surface area contributed by atoms with Gasteiger partial charge in [0.15, 0.2) is 0 Å². The van der Waals surface area contributed by atoms with Crippen LogP contribution in [0, 0.1) is 18.8 Å². The lowest BCUT2D eigenvalue weighted by Crippen LogP contribution is -2.33. The predicted octanol–water partition coefficient (Wildman–Crippen LogP) is 5.17. The molecule has 0 saturated heterocycles. The molecule has 1 aromatic carbocycles. The van der Waals surface area contributed by atoms with E-state index in [1.165, 1.54) is 21.7 Å². The summed E-state index contributed by atoms with van der Waals surface area (Å²) in [4.78, 5) is 4.27. The Bertz CT molecular complexity index is 1280. The number of benzene rings is 1. The quantitative estimate of drug-likeness (QED) is 0.329. The summed E-state index contributed by atoms with van der Waals surface area (Å²) in [7, 11) is -3.17. The van der Waals surface area contributed by atoms with Crippen molar-refractivity contribution in [2.24, 2.45) is 17.0 Å². The number of pyridine rings is 1. The second-order valence-electron chi connectivity index (χ2n) is 9.47. The molecule has 3 atom stereocenters. The first kappa shape index (κ1) is 25.1. The molecular formula is C28H33N3O3S. The summed E-state index contributed by atoms with van der Waals surface area (Å²) < 4.78 is 25.1. The van der Waals surface area contributed by atoms with E-state index >= 15 is 0 Å². The van der Waals surface area contributed by atoms with Crippen LogP contribution in [0.5, 0.6) is 0 Å². The Labute approximate surface area is 208 Å². The van der Waals surface area contributed by atoms with Gasteiger partial charge in [0, 0.05) is 37.0 Å². The van der Waals surface area contributed by atoms with Crippen LogP contribution in [0.25, 0.3) is 5.57 Å². The average Bonchev–Trinajstić information content (AvgIpc) is 2.85. The molecule has 0 amide bonds. The van der Waals surface area contributed by atoms with E-state index < -0.39 is 10.0 Å². The molecule has 0 bridgehead atoms. The van der Waals surface area contributed by atoms with E-state index in [0.717, 1.165) is 16.8 Å². The average molecular weight is 492 g/mol. The molecule has 0 spiro atoms. The van der Waals surface area contributed by atoms with Gasteiger partial charge < -0.3 is 5.21 Å². The molecule has 2 aliphatic rings. The van der Waals surface area contributed by atoms with Crippen molar-refractivity contribution in [1.29, 1.82) is 0 Å². The van der Waals surface area contributed by atoms with Gasteiger partial charge in [-0.15, -0.1) is 0 Å². The number of aryl methyl sites for hydroxylation is 1. The Morgan fingerprint density at radius 1 is 1.20 bits per heavy atom. The number of rotatable bonds is 7. The number of oxime groups is 1. The van der Waals surface area contributed by atoms with Gasteiger partial charge in [-0.2, -0.15) is 4.31 Å². The first-order chi connectivity index (χ1) is 16.8. The lowest BCUT2D eigenvalue weighted by molar-refractivity contribution is 0.315. The Balaban J connectivity index is 1.61. The van der Waals surface area contributed by atoms with Crippen molar-refractivity contribution in [3.8, 4) is 0 Å². The van der Waals surface area contributed by atoms with Gasteiger partial charge in [0.1, 0.15) is 0 Å². The highest BCUT2D eigenvalue weighted by Crippen LogP contribution is 2.38. The van der Waals surface area contributed by atoms with Crippen molar-refractivity contribution in [2.75, 3.05) is 19.3 Å². The summed E-state index contributed by atoms with van der Waals surface area (Å²) in [5.74, 6) is 0.746. The predicted molar refractivity (Wildman–Crippen MR) is 141 cm³/mol. The van der Waals surface area contributed by atoms with Crippen molar-refractivity contribution in [1.82, 2.24) is 9.29 Å². The van der Waals surface area contributed by atoms with Gasteiger partial charge in [-0.3, -0.25) is 4.98 Å². The van der Waals surface area contributed by atoms with E-state index in [9.17, 15) is 13.6 Å². The summed E-state index contributed by atoms with van der Waals surface area (Å²) in [6, 6.07) is 12.4. The smallest absolute Gasteiger partial charge is 0.211 e. The summed E-state index contributed by atoms with van der Waals surface area (Å²) in [6.45, 7) is 5.07. The zero-order valence-corrected chi connectivity index (χ0v) is 21.3. The molecule has 0 saturated carbocycles. The van der Waals surface area contributed by atoms with Crippen LogP contribution in [0.2, 0.25) is 0 Å². The molecule has 2 aromatic rings. The first-order valence-electron chi connectivity index (χ1n) is 12.0. The van der Waals surface area contributed by atoms with Crippen LogP contribution in [0.1, 0.15) is 48.1 Å². The van der Waals surface area contributed by atoms with Crippen LogP contribution in [-0.4, -0.2) is 48.0 Å². The van der Waals surface area contributed by atoms with E-state index in [1.807, 2.05) is 25.1 Å². The van der Waals surface area contributed by atoms with Crippen LogP contribution in [0.3, 0.4) is 0 Å². The molecule has 1 aliphatic carbocycles. The number of hydrogen-bond donors (Lipinski definition) is 1. The molecule has 1 aliphatic heterocycles. The SMILES string of the molecule is Cc1cc(/C(C[C@H](c2ccc(C3=CCN(S(C)(=O)=O)CC3)cc2)C2C=CC=CC2C)=N/O)ccn1. The largest absolute Gasteiger partial charge is 0.411 e. The zero-order chi connectivity index (χ0) is 25.0. The molecule has 2 unspecified atom stereocenters. The van der Waals surface area contributed by atoms with Crippen molar-refractivity contribution in [3.05, 3.63) is 95.4 Å².